The standard InChI is InChI=1S/C26H31FN6S/c1-18(2)16-31-11-12-32(34-26-9-10-30(4)29-26)17-25(31)23-14-20-15-28-33(24(20)13-19(23)3)22-7-5-21(27)6-8-22/h5-10,13-15,18,25H,11-12,16-17H2,1-4H3. The van der Waals surface area contributed by atoms with E-state index in [1.807, 2.05) is 28.8 Å². The molecular weight excluding hydrogens is 447 g/mol. The summed E-state index contributed by atoms with van der Waals surface area (Å²) in [5.41, 5.74) is 4.50. The number of fused-ring (bicyclic) bond motifs is 1. The molecule has 0 radical (unpaired) electrons. The lowest BCUT2D eigenvalue weighted by molar-refractivity contribution is 0.110. The van der Waals surface area contributed by atoms with Crippen molar-refractivity contribution < 1.29 is 4.39 Å². The van der Waals surface area contributed by atoms with E-state index in [0.717, 1.165) is 47.8 Å². The maximum Gasteiger partial charge on any atom is 0.133 e. The number of benzene rings is 2. The van der Waals surface area contributed by atoms with Gasteiger partial charge in [-0.2, -0.15) is 10.2 Å². The maximum absolute atomic E-state index is 13.4. The fourth-order valence-corrected chi connectivity index (χ4v) is 5.72. The smallest absolute Gasteiger partial charge is 0.133 e. The molecule has 6 nitrogen and oxygen atoms in total. The van der Waals surface area contributed by atoms with Gasteiger partial charge in [-0.1, -0.05) is 13.8 Å². The summed E-state index contributed by atoms with van der Waals surface area (Å²) < 4.78 is 19.6. The molecule has 2 aromatic carbocycles. The average molecular weight is 479 g/mol. The maximum atomic E-state index is 13.4. The first-order valence-electron chi connectivity index (χ1n) is 11.8. The second-order valence-corrected chi connectivity index (χ2v) is 10.6. The molecule has 0 aliphatic carbocycles. The van der Waals surface area contributed by atoms with Crippen LogP contribution in [0.3, 0.4) is 0 Å². The van der Waals surface area contributed by atoms with Crippen molar-refractivity contribution in [3.63, 3.8) is 0 Å². The van der Waals surface area contributed by atoms with E-state index in [0.29, 0.717) is 12.0 Å². The van der Waals surface area contributed by atoms with Crippen LogP contribution in [0.2, 0.25) is 0 Å². The van der Waals surface area contributed by atoms with Gasteiger partial charge in [0.05, 0.1) is 17.4 Å². The van der Waals surface area contributed by atoms with Crippen LogP contribution < -0.4 is 0 Å². The van der Waals surface area contributed by atoms with Crippen LogP contribution in [-0.4, -0.2) is 54.9 Å². The monoisotopic (exact) mass is 478 g/mol. The summed E-state index contributed by atoms with van der Waals surface area (Å²) in [7, 11) is 1.96. The van der Waals surface area contributed by atoms with E-state index >= 15 is 0 Å². The number of aromatic nitrogens is 4. The Kier molecular flexibility index (Phi) is 6.46. The largest absolute Gasteiger partial charge is 0.293 e. The minimum Gasteiger partial charge on any atom is -0.293 e. The Morgan fingerprint density at radius 2 is 1.91 bits per heavy atom. The second-order valence-electron chi connectivity index (χ2n) is 9.51. The number of aryl methyl sites for hydroxylation is 2. The molecule has 0 saturated carbocycles. The number of nitrogens with zero attached hydrogens (tertiary/aromatic N) is 6. The molecule has 0 bridgehead atoms. The van der Waals surface area contributed by atoms with E-state index in [1.54, 1.807) is 24.1 Å². The summed E-state index contributed by atoms with van der Waals surface area (Å²) in [5.74, 6) is 0.358. The second kappa shape index (κ2) is 9.52. The van der Waals surface area contributed by atoms with Gasteiger partial charge in [-0.05, 0) is 78.4 Å². The van der Waals surface area contributed by atoms with Crippen LogP contribution in [0.25, 0.3) is 16.6 Å². The van der Waals surface area contributed by atoms with Crippen molar-refractivity contribution in [3.8, 4) is 5.69 Å². The highest BCUT2D eigenvalue weighted by Crippen LogP contribution is 2.35. The minimum atomic E-state index is -0.241. The van der Waals surface area contributed by atoms with Gasteiger partial charge in [-0.15, -0.1) is 0 Å². The third kappa shape index (κ3) is 4.76. The number of piperazine rings is 1. The van der Waals surface area contributed by atoms with E-state index in [1.165, 1.54) is 23.3 Å². The highest BCUT2D eigenvalue weighted by Gasteiger charge is 2.31. The topological polar surface area (TPSA) is 42.1 Å². The first-order chi connectivity index (χ1) is 16.4. The van der Waals surface area contributed by atoms with Gasteiger partial charge in [0.2, 0.25) is 0 Å². The summed E-state index contributed by atoms with van der Waals surface area (Å²) in [6, 6.07) is 13.4. The van der Waals surface area contributed by atoms with E-state index in [2.05, 4.69) is 58.4 Å². The van der Waals surface area contributed by atoms with Crippen molar-refractivity contribution in [2.45, 2.75) is 31.8 Å². The Hall–Kier alpha value is -2.68. The lowest BCUT2D eigenvalue weighted by Gasteiger charge is -2.42. The van der Waals surface area contributed by atoms with Gasteiger partial charge in [0.25, 0.3) is 0 Å². The predicted octanol–water partition coefficient (Wildman–Crippen LogP) is 5.23. The van der Waals surface area contributed by atoms with E-state index in [4.69, 9.17) is 0 Å². The molecular formula is C26H31FN6S. The first kappa shape index (κ1) is 23.1. The number of hydrogen-bond acceptors (Lipinski definition) is 5. The molecule has 8 heteroatoms. The summed E-state index contributed by atoms with van der Waals surface area (Å²) >= 11 is 1.74. The van der Waals surface area contributed by atoms with Crippen LogP contribution in [0.5, 0.6) is 0 Å². The molecule has 0 amide bonds. The molecule has 0 N–H and O–H groups in total. The van der Waals surface area contributed by atoms with E-state index in [-0.39, 0.29) is 5.82 Å². The molecule has 1 unspecified atom stereocenters. The van der Waals surface area contributed by atoms with Crippen molar-refractivity contribution in [2.75, 3.05) is 26.2 Å². The van der Waals surface area contributed by atoms with Crippen molar-refractivity contribution in [2.24, 2.45) is 13.0 Å². The number of halogens is 1. The lowest BCUT2D eigenvalue weighted by atomic mass is 9.96. The fourth-order valence-electron chi connectivity index (χ4n) is 4.78. The molecule has 1 aliphatic rings. The highest BCUT2D eigenvalue weighted by atomic mass is 32.2. The van der Waals surface area contributed by atoms with Gasteiger partial charge in [-0.3, -0.25) is 9.58 Å². The normalized spacial score (nSPS) is 17.8. The molecule has 5 rings (SSSR count). The molecule has 4 aromatic rings. The average Bonchev–Trinajstić information content (AvgIpc) is 3.40. The Labute approximate surface area is 204 Å². The molecule has 1 aliphatic heterocycles. The van der Waals surface area contributed by atoms with Crippen molar-refractivity contribution >= 4 is 22.9 Å². The molecule has 3 heterocycles. The zero-order valence-corrected chi connectivity index (χ0v) is 21.0. The van der Waals surface area contributed by atoms with Gasteiger partial charge in [0.15, 0.2) is 0 Å². The van der Waals surface area contributed by atoms with Gasteiger partial charge >= 0.3 is 0 Å². The van der Waals surface area contributed by atoms with E-state index in [9.17, 15) is 4.39 Å². The molecule has 34 heavy (non-hydrogen) atoms. The SMILES string of the molecule is Cc1cc2c(cnn2-c2ccc(F)cc2)cc1C1CN(Sc2ccn(C)n2)CCN1CC(C)C. The van der Waals surface area contributed by atoms with Gasteiger partial charge < -0.3 is 0 Å². The van der Waals surface area contributed by atoms with Crippen molar-refractivity contribution in [1.29, 1.82) is 0 Å². The molecule has 178 valence electrons. The van der Waals surface area contributed by atoms with Crippen LogP contribution in [0.4, 0.5) is 4.39 Å². The van der Waals surface area contributed by atoms with Crippen LogP contribution >= 0.6 is 11.9 Å². The number of rotatable bonds is 6. The van der Waals surface area contributed by atoms with Crippen LogP contribution in [0, 0.1) is 18.7 Å². The van der Waals surface area contributed by atoms with Crippen molar-refractivity contribution in [1.82, 2.24) is 28.8 Å². The molecule has 0 spiro atoms. The Bertz CT molecular complexity index is 1280. The Balaban J connectivity index is 1.47. The summed E-state index contributed by atoms with van der Waals surface area (Å²) in [6.07, 6.45) is 3.91. The summed E-state index contributed by atoms with van der Waals surface area (Å²) in [4.78, 5) is 2.62. The minimum absolute atomic E-state index is 0.241. The van der Waals surface area contributed by atoms with Crippen LogP contribution in [-0.2, 0) is 7.05 Å². The fraction of sp³-hybridized carbons (Fsp3) is 0.385. The Morgan fingerprint density at radius 1 is 1.12 bits per heavy atom. The van der Waals surface area contributed by atoms with Crippen molar-refractivity contribution in [3.05, 3.63) is 71.8 Å². The third-order valence-corrected chi connectivity index (χ3v) is 7.35. The zero-order valence-electron chi connectivity index (χ0n) is 20.1. The highest BCUT2D eigenvalue weighted by molar-refractivity contribution is 7.97. The lowest BCUT2D eigenvalue weighted by Crippen LogP contribution is -2.47. The predicted molar refractivity (Wildman–Crippen MR) is 136 cm³/mol. The van der Waals surface area contributed by atoms with Gasteiger partial charge in [0, 0.05) is 50.9 Å². The Morgan fingerprint density at radius 3 is 2.62 bits per heavy atom. The molecule has 1 fully saturated rings. The molecule has 1 saturated heterocycles. The van der Waals surface area contributed by atoms with Gasteiger partial charge in [-0.25, -0.2) is 13.4 Å². The molecule has 1 atom stereocenters. The summed E-state index contributed by atoms with van der Waals surface area (Å²) in [6.45, 7) is 10.8. The number of hydrogen-bond donors (Lipinski definition) is 0. The van der Waals surface area contributed by atoms with Crippen LogP contribution in [0.1, 0.15) is 31.0 Å². The third-order valence-electron chi connectivity index (χ3n) is 6.35. The van der Waals surface area contributed by atoms with Gasteiger partial charge in [0.1, 0.15) is 10.8 Å². The van der Waals surface area contributed by atoms with E-state index < -0.39 is 0 Å². The first-order valence-corrected chi connectivity index (χ1v) is 12.6. The quantitative estimate of drug-likeness (QED) is 0.355. The summed E-state index contributed by atoms with van der Waals surface area (Å²) in [5, 5.41) is 11.3. The zero-order chi connectivity index (χ0) is 23.8. The molecule has 2 aromatic heterocycles. The van der Waals surface area contributed by atoms with Crippen LogP contribution in [0.15, 0.2) is 59.9 Å².